The van der Waals surface area contributed by atoms with Crippen LogP contribution < -0.4 is 14.9 Å². The first-order valence-corrected chi connectivity index (χ1v) is 18.5. The van der Waals surface area contributed by atoms with E-state index in [1.807, 2.05) is 118 Å². The smallest absolute Gasteiger partial charge is 0.490 e. The molecule has 276 valence electrons. The van der Waals surface area contributed by atoms with Crippen LogP contribution in [0.4, 0.5) is 9.59 Å². The van der Waals surface area contributed by atoms with Crippen LogP contribution in [0, 0.1) is 0 Å². The third-order valence-electron chi connectivity index (χ3n) is 9.01. The van der Waals surface area contributed by atoms with Crippen LogP contribution >= 0.6 is 15.9 Å². The first kappa shape index (κ1) is 39.8. The summed E-state index contributed by atoms with van der Waals surface area (Å²) in [4.78, 5) is 27.7. The number of likely N-dealkylation sites (tertiary alicyclic amines) is 2. The summed E-state index contributed by atoms with van der Waals surface area (Å²) in [7, 11) is -0.369. The van der Waals surface area contributed by atoms with Gasteiger partial charge >= 0.3 is 19.3 Å². The van der Waals surface area contributed by atoms with Gasteiger partial charge in [0.2, 0.25) is 0 Å². The van der Waals surface area contributed by atoms with Crippen molar-refractivity contribution in [3.63, 3.8) is 0 Å². The fourth-order valence-corrected chi connectivity index (χ4v) is 5.81. The Kier molecular flexibility index (Phi) is 12.9. The van der Waals surface area contributed by atoms with Crippen molar-refractivity contribution >= 4 is 40.7 Å². The summed E-state index contributed by atoms with van der Waals surface area (Å²) in [5, 5.41) is 0. The van der Waals surface area contributed by atoms with Crippen LogP contribution in [-0.2, 0) is 18.8 Å². The van der Waals surface area contributed by atoms with E-state index in [4.69, 9.17) is 28.3 Å². The molecule has 0 spiro atoms. The molecule has 3 aliphatic rings. The number of benzene rings is 2. The first-order chi connectivity index (χ1) is 23.2. The minimum atomic E-state index is -0.469. The van der Waals surface area contributed by atoms with Gasteiger partial charge in [0.1, 0.15) is 34.9 Å². The van der Waals surface area contributed by atoms with Crippen LogP contribution in [0.2, 0.25) is 0 Å². The highest BCUT2D eigenvalue weighted by molar-refractivity contribution is 9.10. The Bertz CT molecular complexity index is 1390. The van der Waals surface area contributed by atoms with Gasteiger partial charge in [0.05, 0.1) is 11.2 Å². The van der Waals surface area contributed by atoms with Crippen molar-refractivity contribution in [2.45, 2.75) is 130 Å². The van der Waals surface area contributed by atoms with Gasteiger partial charge in [-0.25, -0.2) is 9.59 Å². The van der Waals surface area contributed by atoms with E-state index in [9.17, 15) is 9.59 Å². The topological polar surface area (TPSA) is 96.0 Å². The molecule has 3 heterocycles. The molecule has 3 aliphatic heterocycles. The largest absolute Gasteiger partial charge is 0.494 e. The summed E-state index contributed by atoms with van der Waals surface area (Å²) in [6.07, 6.45) is 3.01. The first-order valence-electron chi connectivity index (χ1n) is 17.7. The average molecular weight is 760 g/mol. The number of carbonyl (C=O) groups excluding carboxylic acids is 2. The van der Waals surface area contributed by atoms with Gasteiger partial charge in [0, 0.05) is 56.3 Å². The molecule has 0 atom stereocenters. The van der Waals surface area contributed by atoms with Crippen LogP contribution in [0.3, 0.4) is 0 Å². The lowest BCUT2D eigenvalue weighted by Gasteiger charge is -2.33. The summed E-state index contributed by atoms with van der Waals surface area (Å²) < 4.78 is 36.1. The molecule has 0 unspecified atom stereocenters. The number of halogens is 1. The highest BCUT2D eigenvalue weighted by Crippen LogP contribution is 2.36. The molecule has 3 saturated heterocycles. The number of ether oxygens (including phenoxy) is 4. The van der Waals surface area contributed by atoms with E-state index in [1.165, 1.54) is 0 Å². The molecule has 2 aromatic rings. The Balaban J connectivity index is 0.000000237. The van der Waals surface area contributed by atoms with Crippen molar-refractivity contribution in [2.24, 2.45) is 0 Å². The monoisotopic (exact) mass is 758 g/mol. The predicted octanol–water partition coefficient (Wildman–Crippen LogP) is 7.99. The Morgan fingerprint density at radius 2 is 1.00 bits per heavy atom. The summed E-state index contributed by atoms with van der Waals surface area (Å²) in [5.74, 6) is 1.69. The molecule has 10 nitrogen and oxygen atoms in total. The third kappa shape index (κ3) is 11.8. The molecule has 0 N–H and O–H groups in total. The lowest BCUT2D eigenvalue weighted by Crippen LogP contribution is -2.44. The highest BCUT2D eigenvalue weighted by Gasteiger charge is 2.51. The zero-order valence-corrected chi connectivity index (χ0v) is 33.1. The van der Waals surface area contributed by atoms with Crippen LogP contribution in [0.1, 0.15) is 94.9 Å². The average Bonchev–Trinajstić information content (AvgIpc) is 3.24. The predicted molar refractivity (Wildman–Crippen MR) is 199 cm³/mol. The normalized spacial score (nSPS) is 19.7. The summed E-state index contributed by atoms with van der Waals surface area (Å²) in [6, 6.07) is 15.7. The molecule has 0 bridgehead atoms. The highest BCUT2D eigenvalue weighted by atomic mass is 79.9. The Labute approximate surface area is 307 Å². The van der Waals surface area contributed by atoms with E-state index < -0.39 is 11.2 Å². The molecule has 0 aromatic heterocycles. The maximum Gasteiger partial charge on any atom is 0.494 e. The summed E-state index contributed by atoms with van der Waals surface area (Å²) >= 11 is 3.40. The van der Waals surface area contributed by atoms with E-state index in [2.05, 4.69) is 15.9 Å². The molecule has 0 aliphatic carbocycles. The second-order valence-corrected chi connectivity index (χ2v) is 17.1. The lowest BCUT2D eigenvalue weighted by atomic mass is 9.79. The van der Waals surface area contributed by atoms with Gasteiger partial charge in [-0.3, -0.25) is 0 Å². The van der Waals surface area contributed by atoms with Gasteiger partial charge in [-0.05, 0) is 111 Å². The molecular weight excluding hydrogens is 703 g/mol. The van der Waals surface area contributed by atoms with Crippen LogP contribution in [0.5, 0.6) is 11.5 Å². The van der Waals surface area contributed by atoms with E-state index in [-0.39, 0.29) is 42.7 Å². The number of nitrogens with zero attached hydrogens (tertiary/aromatic N) is 2. The second kappa shape index (κ2) is 16.2. The van der Waals surface area contributed by atoms with Crippen molar-refractivity contribution in [1.29, 1.82) is 0 Å². The van der Waals surface area contributed by atoms with Crippen molar-refractivity contribution < 1.29 is 37.8 Å². The maximum atomic E-state index is 12.2. The van der Waals surface area contributed by atoms with Gasteiger partial charge in [0.15, 0.2) is 0 Å². The Hall–Kier alpha value is -2.96. The van der Waals surface area contributed by atoms with Crippen molar-refractivity contribution in [1.82, 2.24) is 9.80 Å². The zero-order valence-electron chi connectivity index (χ0n) is 31.5. The lowest BCUT2D eigenvalue weighted by molar-refractivity contribution is 0.00578. The van der Waals surface area contributed by atoms with Gasteiger partial charge in [-0.1, -0.05) is 28.1 Å². The number of hydrogen-bond acceptors (Lipinski definition) is 8. The number of carbonyl (C=O) groups is 2. The number of rotatable bonds is 5. The van der Waals surface area contributed by atoms with E-state index in [1.54, 1.807) is 9.80 Å². The van der Waals surface area contributed by atoms with Crippen LogP contribution in [0.25, 0.3) is 0 Å². The van der Waals surface area contributed by atoms with Gasteiger partial charge < -0.3 is 38.1 Å². The number of amides is 2. The van der Waals surface area contributed by atoms with Gasteiger partial charge in [-0.2, -0.15) is 0 Å². The SMILES string of the molecule is CC(C)(C)OC(=O)N1CCC(Oc2ccc(B3OC(C)(C)C(C)(C)O3)cc2)CC1.CC(C)(C)OC(=O)N1CCC(Oc2ccc(Br)cc2)CC1. The van der Waals surface area contributed by atoms with E-state index in [0.717, 1.165) is 47.1 Å². The molecule has 0 radical (unpaired) electrons. The second-order valence-electron chi connectivity index (χ2n) is 16.2. The molecule has 12 heteroatoms. The molecule has 2 amide bonds. The molecule has 5 rings (SSSR count). The maximum absolute atomic E-state index is 12.2. The fraction of sp³-hybridized carbons (Fsp3) is 0.632. The van der Waals surface area contributed by atoms with Gasteiger partial charge in [0.25, 0.3) is 0 Å². The Morgan fingerprint density at radius 1 is 0.660 bits per heavy atom. The minimum absolute atomic E-state index is 0.0939. The Morgan fingerprint density at radius 3 is 1.34 bits per heavy atom. The molecule has 3 fully saturated rings. The molecule has 0 saturated carbocycles. The fourth-order valence-electron chi connectivity index (χ4n) is 5.55. The van der Waals surface area contributed by atoms with E-state index in [0.29, 0.717) is 26.2 Å². The van der Waals surface area contributed by atoms with Crippen molar-refractivity contribution in [2.75, 3.05) is 26.2 Å². The summed E-state index contributed by atoms with van der Waals surface area (Å²) in [6.45, 7) is 22.1. The van der Waals surface area contributed by atoms with Crippen molar-refractivity contribution in [3.05, 3.63) is 53.0 Å². The van der Waals surface area contributed by atoms with Crippen LogP contribution in [-0.4, -0.2) is 89.9 Å². The number of piperidine rings is 2. The number of hydrogen-bond donors (Lipinski definition) is 0. The summed E-state index contributed by atoms with van der Waals surface area (Å²) in [5.41, 5.74) is -0.634. The molecular formula is C38H56BBrN2O8. The quantitative estimate of drug-likeness (QED) is 0.283. The molecule has 2 aromatic carbocycles. The van der Waals surface area contributed by atoms with E-state index >= 15 is 0 Å². The van der Waals surface area contributed by atoms with Crippen LogP contribution in [0.15, 0.2) is 53.0 Å². The van der Waals surface area contributed by atoms with Crippen molar-refractivity contribution in [3.8, 4) is 11.5 Å². The minimum Gasteiger partial charge on any atom is -0.490 e. The zero-order chi connectivity index (χ0) is 36.9. The molecule has 50 heavy (non-hydrogen) atoms. The van der Waals surface area contributed by atoms with Gasteiger partial charge in [-0.15, -0.1) is 0 Å². The standard InChI is InChI=1S/C22H34BNO5.C16H22BrNO3/c1-20(2,3)27-19(25)24-14-12-18(13-15-24)26-17-10-8-16(9-11-17)23-28-21(4,5)22(6,7)29-23;1-16(2,3)21-15(19)18-10-8-14(9-11-18)20-13-6-4-12(17)5-7-13/h8-11,18H,12-15H2,1-7H3;4-7,14H,8-11H2,1-3H3. The third-order valence-corrected chi connectivity index (χ3v) is 9.54.